The van der Waals surface area contributed by atoms with Crippen LogP contribution in [0.25, 0.3) is 0 Å². The molecular weight excluding hydrogens is 255 g/mol. The number of hydrogen-bond acceptors (Lipinski definition) is 3. The first-order chi connectivity index (χ1) is 6.13. The van der Waals surface area contributed by atoms with E-state index in [9.17, 15) is 0 Å². The molecule has 0 amide bonds. The summed E-state index contributed by atoms with van der Waals surface area (Å²) >= 11 is 9.03. The van der Waals surface area contributed by atoms with Crippen LogP contribution in [0, 0.1) is 0 Å². The molecule has 0 aliphatic heterocycles. The first-order valence-electron chi connectivity index (χ1n) is 3.82. The predicted octanol–water partition coefficient (Wildman–Crippen LogP) is 2.29. The first kappa shape index (κ1) is 10.8. The van der Waals surface area contributed by atoms with Gasteiger partial charge >= 0.3 is 0 Å². The Morgan fingerprint density at radius 2 is 2.46 bits per heavy atom. The van der Waals surface area contributed by atoms with E-state index in [4.69, 9.17) is 16.7 Å². The molecule has 1 atom stereocenters. The molecule has 0 unspecified atom stereocenters. The van der Waals surface area contributed by atoms with Crippen LogP contribution in [-0.2, 0) is 0 Å². The molecule has 5 heteroatoms. The molecule has 0 radical (unpaired) electrons. The zero-order valence-electron chi connectivity index (χ0n) is 7.09. The van der Waals surface area contributed by atoms with E-state index in [0.29, 0.717) is 10.8 Å². The fourth-order valence-corrected chi connectivity index (χ4v) is 1.55. The maximum absolute atomic E-state index is 8.81. The monoisotopic (exact) mass is 264 g/mol. The van der Waals surface area contributed by atoms with Crippen molar-refractivity contribution in [2.45, 2.75) is 13.0 Å². The average molecular weight is 266 g/mol. The van der Waals surface area contributed by atoms with Crippen molar-refractivity contribution in [2.75, 3.05) is 11.9 Å². The van der Waals surface area contributed by atoms with Crippen molar-refractivity contribution in [1.82, 2.24) is 4.98 Å². The zero-order valence-corrected chi connectivity index (χ0v) is 9.43. The number of aliphatic hydroxyl groups excluding tert-OH is 1. The first-order valence-corrected chi connectivity index (χ1v) is 4.99. The van der Waals surface area contributed by atoms with Crippen molar-refractivity contribution in [2.24, 2.45) is 0 Å². The number of aliphatic hydroxyl groups is 1. The van der Waals surface area contributed by atoms with Gasteiger partial charge in [-0.15, -0.1) is 0 Å². The number of anilines is 1. The van der Waals surface area contributed by atoms with Gasteiger partial charge in [-0.1, -0.05) is 11.6 Å². The van der Waals surface area contributed by atoms with E-state index in [1.807, 2.05) is 6.92 Å². The average Bonchev–Trinajstić information content (AvgIpc) is 2.09. The van der Waals surface area contributed by atoms with E-state index in [1.165, 1.54) is 0 Å². The molecule has 1 aromatic heterocycles. The molecule has 2 N–H and O–H groups in total. The number of rotatable bonds is 3. The minimum atomic E-state index is -0.0232. The van der Waals surface area contributed by atoms with Gasteiger partial charge in [-0.3, -0.25) is 0 Å². The second kappa shape index (κ2) is 4.79. The van der Waals surface area contributed by atoms with E-state index in [1.54, 1.807) is 12.3 Å². The van der Waals surface area contributed by atoms with Gasteiger partial charge < -0.3 is 10.4 Å². The highest BCUT2D eigenvalue weighted by atomic mass is 79.9. The van der Waals surface area contributed by atoms with Crippen molar-refractivity contribution in [3.8, 4) is 0 Å². The van der Waals surface area contributed by atoms with Crippen molar-refractivity contribution >= 4 is 33.3 Å². The third kappa shape index (κ3) is 3.14. The van der Waals surface area contributed by atoms with Gasteiger partial charge in [0.05, 0.1) is 16.1 Å². The van der Waals surface area contributed by atoms with Gasteiger partial charge in [0.25, 0.3) is 0 Å². The number of aromatic nitrogens is 1. The summed E-state index contributed by atoms with van der Waals surface area (Å²) in [6.07, 6.45) is 1.55. The molecule has 13 heavy (non-hydrogen) atoms. The van der Waals surface area contributed by atoms with Crippen molar-refractivity contribution < 1.29 is 5.11 Å². The summed E-state index contributed by atoms with van der Waals surface area (Å²) in [4.78, 5) is 4.06. The Morgan fingerprint density at radius 1 is 1.77 bits per heavy atom. The fraction of sp³-hybridized carbons (Fsp3) is 0.375. The van der Waals surface area contributed by atoms with Gasteiger partial charge in [0.15, 0.2) is 0 Å². The van der Waals surface area contributed by atoms with Crippen LogP contribution in [-0.4, -0.2) is 22.7 Å². The molecule has 0 spiro atoms. The van der Waals surface area contributed by atoms with Crippen molar-refractivity contribution in [1.29, 1.82) is 0 Å². The molecule has 0 saturated heterocycles. The molecule has 0 saturated carbocycles. The van der Waals surface area contributed by atoms with Crippen LogP contribution >= 0.6 is 27.5 Å². The maximum atomic E-state index is 8.81. The highest BCUT2D eigenvalue weighted by Gasteiger charge is 2.05. The molecule has 0 aromatic carbocycles. The summed E-state index contributed by atoms with van der Waals surface area (Å²) in [6, 6.07) is 1.73. The van der Waals surface area contributed by atoms with Gasteiger partial charge in [0, 0.05) is 12.2 Å². The fourth-order valence-electron chi connectivity index (χ4n) is 0.800. The highest BCUT2D eigenvalue weighted by molar-refractivity contribution is 9.10. The minimum Gasteiger partial charge on any atom is -0.394 e. The Hall–Kier alpha value is -0.320. The van der Waals surface area contributed by atoms with Crippen LogP contribution in [0.3, 0.4) is 0 Å². The second-order valence-corrected chi connectivity index (χ2v) is 4.00. The third-order valence-corrected chi connectivity index (χ3v) is 2.28. The molecule has 1 rings (SSSR count). The van der Waals surface area contributed by atoms with Crippen molar-refractivity contribution in [3.63, 3.8) is 0 Å². The number of pyridine rings is 1. The standard InChI is InChI=1S/C8H10BrClN2O/c1-5(4-13)12-8-7(9)2-6(10)3-11-8/h2-3,5,13H,4H2,1H3,(H,11,12)/t5-/m1/s1. The summed E-state index contributed by atoms with van der Waals surface area (Å²) in [5.41, 5.74) is 0. The molecule has 0 aliphatic rings. The van der Waals surface area contributed by atoms with Gasteiger partial charge in [-0.2, -0.15) is 0 Å². The SMILES string of the molecule is C[C@H](CO)Nc1ncc(Cl)cc1Br. The van der Waals surface area contributed by atoms with Crippen LogP contribution in [0.5, 0.6) is 0 Å². The topological polar surface area (TPSA) is 45.1 Å². The van der Waals surface area contributed by atoms with E-state index in [-0.39, 0.29) is 12.6 Å². The minimum absolute atomic E-state index is 0.0232. The number of nitrogens with zero attached hydrogens (tertiary/aromatic N) is 1. The van der Waals surface area contributed by atoms with Crippen LogP contribution in [0.1, 0.15) is 6.92 Å². The van der Waals surface area contributed by atoms with Gasteiger partial charge in [0.1, 0.15) is 5.82 Å². The predicted molar refractivity (Wildman–Crippen MR) is 57.1 cm³/mol. The number of halogens is 2. The molecule has 1 aromatic rings. The number of nitrogens with one attached hydrogen (secondary N) is 1. The molecular formula is C8H10BrClN2O. The van der Waals surface area contributed by atoms with Gasteiger partial charge in [-0.05, 0) is 28.9 Å². The lowest BCUT2D eigenvalue weighted by Crippen LogP contribution is -2.20. The Kier molecular flexibility index (Phi) is 3.96. The zero-order chi connectivity index (χ0) is 9.84. The molecule has 72 valence electrons. The van der Waals surface area contributed by atoms with E-state index in [2.05, 4.69) is 26.2 Å². The summed E-state index contributed by atoms with van der Waals surface area (Å²) in [5, 5.41) is 12.4. The van der Waals surface area contributed by atoms with Crippen molar-refractivity contribution in [3.05, 3.63) is 21.8 Å². The Balaban J connectivity index is 2.77. The largest absolute Gasteiger partial charge is 0.394 e. The molecule has 0 aliphatic carbocycles. The highest BCUT2D eigenvalue weighted by Crippen LogP contribution is 2.23. The molecule has 0 fully saturated rings. The van der Waals surface area contributed by atoms with Crippen LogP contribution in [0.2, 0.25) is 5.02 Å². The smallest absolute Gasteiger partial charge is 0.140 e. The lowest BCUT2D eigenvalue weighted by atomic mass is 10.3. The van der Waals surface area contributed by atoms with Crippen LogP contribution in [0.15, 0.2) is 16.7 Å². The molecule has 3 nitrogen and oxygen atoms in total. The van der Waals surface area contributed by atoms with Crippen LogP contribution in [0.4, 0.5) is 5.82 Å². The lowest BCUT2D eigenvalue weighted by Gasteiger charge is -2.12. The maximum Gasteiger partial charge on any atom is 0.140 e. The summed E-state index contributed by atoms with van der Waals surface area (Å²) in [7, 11) is 0. The molecule has 1 heterocycles. The normalized spacial score (nSPS) is 12.6. The van der Waals surface area contributed by atoms with Crippen LogP contribution < -0.4 is 5.32 Å². The van der Waals surface area contributed by atoms with Gasteiger partial charge in [0.2, 0.25) is 0 Å². The second-order valence-electron chi connectivity index (χ2n) is 2.71. The summed E-state index contributed by atoms with van der Waals surface area (Å²) in [6.45, 7) is 1.93. The summed E-state index contributed by atoms with van der Waals surface area (Å²) < 4.78 is 0.792. The molecule has 0 bridgehead atoms. The lowest BCUT2D eigenvalue weighted by molar-refractivity contribution is 0.281. The van der Waals surface area contributed by atoms with E-state index < -0.39 is 0 Å². The third-order valence-electron chi connectivity index (χ3n) is 1.46. The Bertz CT molecular complexity index is 295. The summed E-state index contributed by atoms with van der Waals surface area (Å²) in [5.74, 6) is 0.686. The van der Waals surface area contributed by atoms with E-state index >= 15 is 0 Å². The Morgan fingerprint density at radius 3 is 3.00 bits per heavy atom. The Labute approximate surface area is 90.3 Å². The van der Waals surface area contributed by atoms with E-state index in [0.717, 1.165) is 4.47 Å². The quantitative estimate of drug-likeness (QED) is 0.881. The van der Waals surface area contributed by atoms with Gasteiger partial charge in [-0.25, -0.2) is 4.98 Å². The number of hydrogen-bond donors (Lipinski definition) is 2.